The van der Waals surface area contributed by atoms with Gasteiger partial charge in [-0.2, -0.15) is 13.0 Å². The second kappa shape index (κ2) is 11.3. The lowest BCUT2D eigenvalue weighted by Gasteiger charge is -2.20. The Kier molecular flexibility index (Phi) is 8.14. The highest BCUT2D eigenvalue weighted by molar-refractivity contribution is 8.04. The Labute approximate surface area is 241 Å². The van der Waals surface area contributed by atoms with Crippen LogP contribution in [0.25, 0.3) is 22.0 Å². The standard InChI is InChI=1S/C26H26ClN3O5S4/c1-38(31,32)14-4-12-29-21-16-19(27)6-8-23(21)36-25(29)18-26-30(13-5-15-39(33,34)35)22-17-20(7-9-24(22)37-26)28-10-2-3-11-28/h2-3,6-11,16-18H,4-5,12-15H2,1H3/p+1. The van der Waals surface area contributed by atoms with Crippen LogP contribution < -0.4 is 9.47 Å². The lowest BCUT2D eigenvalue weighted by Crippen LogP contribution is -2.36. The molecule has 13 heteroatoms. The van der Waals surface area contributed by atoms with Crippen molar-refractivity contribution in [3.05, 3.63) is 76.0 Å². The second-order valence-electron chi connectivity index (χ2n) is 9.31. The number of thiazole rings is 1. The van der Waals surface area contributed by atoms with Gasteiger partial charge in [-0.05, 0) is 48.9 Å². The second-order valence-corrected chi connectivity index (χ2v) is 15.7. The van der Waals surface area contributed by atoms with E-state index < -0.39 is 20.0 Å². The van der Waals surface area contributed by atoms with Gasteiger partial charge in [0.1, 0.15) is 14.5 Å². The summed E-state index contributed by atoms with van der Waals surface area (Å²) in [4.78, 5) is 3.12. The molecule has 0 aliphatic carbocycles. The third-order valence-electron chi connectivity index (χ3n) is 6.24. The number of hydrogen-bond donors (Lipinski definition) is 1. The number of aromatic nitrogens is 2. The molecule has 5 rings (SSSR count). The molecule has 0 fully saturated rings. The minimum absolute atomic E-state index is 0.0814. The SMILES string of the molecule is CS(=O)(=O)CCCN1C(=Cc2sc3ccc(-n4cccc4)cc3[n+]2CCCS(=O)(=O)O)Sc2ccc(Cl)cc21. The molecule has 0 atom stereocenters. The molecule has 0 radical (unpaired) electrons. The highest BCUT2D eigenvalue weighted by atomic mass is 35.5. The molecule has 3 heterocycles. The van der Waals surface area contributed by atoms with E-state index in [1.165, 1.54) is 6.26 Å². The largest absolute Gasteiger partial charge is 0.335 e. The van der Waals surface area contributed by atoms with Gasteiger partial charge in [0.25, 0.3) is 15.1 Å². The number of aryl methyl sites for hydroxylation is 1. The Balaban J connectivity index is 1.56. The number of halogens is 1. The molecule has 206 valence electrons. The molecule has 8 nitrogen and oxygen atoms in total. The van der Waals surface area contributed by atoms with Crippen LogP contribution in [0, 0.1) is 0 Å². The lowest BCUT2D eigenvalue weighted by molar-refractivity contribution is -0.668. The molecular formula is C26H27ClN3O5S4+. The Hall–Kier alpha value is -2.35. The maximum Gasteiger partial charge on any atom is 0.265 e. The average Bonchev–Trinajstić information content (AvgIpc) is 3.57. The van der Waals surface area contributed by atoms with Gasteiger partial charge < -0.3 is 9.47 Å². The number of fused-ring (bicyclic) bond motifs is 2. The van der Waals surface area contributed by atoms with Crippen LogP contribution >= 0.6 is 34.7 Å². The third-order valence-corrected chi connectivity index (χ3v) is 10.5. The van der Waals surface area contributed by atoms with Crippen LogP contribution in [0.15, 0.2) is 70.8 Å². The number of hydrogen-bond acceptors (Lipinski definition) is 7. The zero-order valence-corrected chi connectivity index (χ0v) is 25.0. The summed E-state index contributed by atoms with van der Waals surface area (Å²) in [5, 5.41) is 2.45. The first-order chi connectivity index (χ1) is 18.5. The molecule has 1 N–H and O–H groups in total. The molecule has 0 saturated carbocycles. The summed E-state index contributed by atoms with van der Waals surface area (Å²) in [6, 6.07) is 15.8. The van der Waals surface area contributed by atoms with Crippen LogP contribution in [-0.2, 0) is 26.5 Å². The van der Waals surface area contributed by atoms with E-state index in [4.69, 9.17) is 11.6 Å². The summed E-state index contributed by atoms with van der Waals surface area (Å²) in [6.45, 7) is 0.899. The van der Waals surface area contributed by atoms with Crippen LogP contribution in [0.3, 0.4) is 0 Å². The highest BCUT2D eigenvalue weighted by Gasteiger charge is 2.28. The quantitative estimate of drug-likeness (QED) is 0.190. The van der Waals surface area contributed by atoms with E-state index in [-0.39, 0.29) is 17.9 Å². The van der Waals surface area contributed by atoms with Crippen LogP contribution in [-0.4, -0.2) is 50.3 Å². The minimum atomic E-state index is -4.08. The fourth-order valence-corrected chi connectivity index (χ4v) is 8.10. The van der Waals surface area contributed by atoms with E-state index in [2.05, 4.69) is 27.7 Å². The zero-order chi connectivity index (χ0) is 27.8. The topological polar surface area (TPSA) is 101 Å². The van der Waals surface area contributed by atoms with Crippen molar-refractivity contribution in [3.63, 3.8) is 0 Å². The van der Waals surface area contributed by atoms with Crippen LogP contribution in [0.1, 0.15) is 17.8 Å². The van der Waals surface area contributed by atoms with Gasteiger partial charge in [0.2, 0.25) is 5.52 Å². The first-order valence-electron chi connectivity index (χ1n) is 12.2. The van der Waals surface area contributed by atoms with Crippen molar-refractivity contribution in [1.29, 1.82) is 0 Å². The molecule has 1 aliphatic rings. The number of thioether (sulfide) groups is 1. The summed E-state index contributed by atoms with van der Waals surface area (Å²) in [7, 11) is -7.18. The highest BCUT2D eigenvalue weighted by Crippen LogP contribution is 2.48. The van der Waals surface area contributed by atoms with Crippen LogP contribution in [0.4, 0.5) is 5.69 Å². The third kappa shape index (κ3) is 6.87. The summed E-state index contributed by atoms with van der Waals surface area (Å²) >= 11 is 9.48. The summed E-state index contributed by atoms with van der Waals surface area (Å²) in [6.07, 6.45) is 7.94. The fourth-order valence-electron chi connectivity index (χ4n) is 4.50. The Morgan fingerprint density at radius 1 is 1.03 bits per heavy atom. The van der Waals surface area contributed by atoms with E-state index in [1.807, 2.05) is 53.4 Å². The molecule has 39 heavy (non-hydrogen) atoms. The molecule has 0 spiro atoms. The molecular weight excluding hydrogens is 598 g/mol. The molecule has 0 amide bonds. The van der Waals surface area contributed by atoms with E-state index in [0.29, 0.717) is 24.5 Å². The van der Waals surface area contributed by atoms with Gasteiger partial charge in [-0.3, -0.25) is 4.55 Å². The van der Waals surface area contributed by atoms with Crippen molar-refractivity contribution < 1.29 is 26.0 Å². The minimum Gasteiger partial charge on any atom is -0.335 e. The zero-order valence-electron chi connectivity index (χ0n) is 21.0. The molecule has 0 saturated heterocycles. The Bertz CT molecular complexity index is 1760. The van der Waals surface area contributed by atoms with Crippen molar-refractivity contribution >= 4 is 76.6 Å². The van der Waals surface area contributed by atoms with E-state index >= 15 is 0 Å². The van der Waals surface area contributed by atoms with Crippen molar-refractivity contribution in [2.45, 2.75) is 24.3 Å². The normalized spacial score (nSPS) is 14.9. The molecule has 2 aromatic carbocycles. The molecule has 2 aromatic heterocycles. The van der Waals surface area contributed by atoms with Crippen molar-refractivity contribution in [2.24, 2.45) is 0 Å². The molecule has 4 aromatic rings. The summed E-state index contributed by atoms with van der Waals surface area (Å²) < 4.78 is 60.9. The average molecular weight is 625 g/mol. The van der Waals surface area contributed by atoms with Gasteiger partial charge >= 0.3 is 0 Å². The van der Waals surface area contributed by atoms with Gasteiger partial charge in [-0.25, -0.2) is 8.42 Å². The number of anilines is 1. The first kappa shape index (κ1) is 28.2. The van der Waals surface area contributed by atoms with E-state index in [1.54, 1.807) is 23.1 Å². The van der Waals surface area contributed by atoms with Crippen LogP contribution in [0.5, 0.6) is 0 Å². The molecule has 1 aliphatic heterocycles. The van der Waals surface area contributed by atoms with E-state index in [0.717, 1.165) is 36.5 Å². The van der Waals surface area contributed by atoms with Crippen LogP contribution in [0.2, 0.25) is 5.02 Å². The fraction of sp³-hybridized carbons (Fsp3) is 0.269. The Morgan fingerprint density at radius 2 is 1.79 bits per heavy atom. The Morgan fingerprint density at radius 3 is 2.51 bits per heavy atom. The number of nitrogens with zero attached hydrogens (tertiary/aromatic N) is 3. The smallest absolute Gasteiger partial charge is 0.265 e. The van der Waals surface area contributed by atoms with Gasteiger partial charge in [-0.1, -0.05) is 34.7 Å². The molecule has 0 unspecified atom stereocenters. The predicted molar refractivity (Wildman–Crippen MR) is 159 cm³/mol. The summed E-state index contributed by atoms with van der Waals surface area (Å²) in [5.74, 6) is -0.251. The monoisotopic (exact) mass is 624 g/mol. The van der Waals surface area contributed by atoms with Gasteiger partial charge in [-0.15, -0.1) is 0 Å². The molecule has 0 bridgehead atoms. The van der Waals surface area contributed by atoms with Gasteiger partial charge in [0, 0.05) is 47.6 Å². The van der Waals surface area contributed by atoms with Gasteiger partial charge in [0.05, 0.1) is 34.0 Å². The van der Waals surface area contributed by atoms with Crippen molar-refractivity contribution in [1.82, 2.24) is 4.57 Å². The first-order valence-corrected chi connectivity index (χ1v) is 17.8. The maximum atomic E-state index is 11.8. The number of sulfone groups is 1. The predicted octanol–water partition coefficient (Wildman–Crippen LogP) is 5.26. The van der Waals surface area contributed by atoms with Crippen molar-refractivity contribution in [3.8, 4) is 5.69 Å². The summed E-state index contributed by atoms with van der Waals surface area (Å²) in [5.41, 5.74) is 2.87. The number of rotatable bonds is 10. The van der Waals surface area contributed by atoms with Gasteiger partial charge in [0.15, 0.2) is 6.54 Å². The number of benzene rings is 2. The lowest BCUT2D eigenvalue weighted by atomic mass is 10.2. The van der Waals surface area contributed by atoms with E-state index in [9.17, 15) is 21.4 Å². The van der Waals surface area contributed by atoms with Crippen molar-refractivity contribution in [2.75, 3.05) is 29.2 Å². The maximum absolute atomic E-state index is 11.8.